The molecule has 2 heterocycles. The smallest absolute Gasteiger partial charge is 0.455 e. The summed E-state index contributed by atoms with van der Waals surface area (Å²) < 4.78 is 5.97. The zero-order chi connectivity index (χ0) is 26.3. The van der Waals surface area contributed by atoms with Crippen LogP contribution in [0.25, 0.3) is 6.08 Å². The number of phenols is 1. The van der Waals surface area contributed by atoms with Crippen molar-refractivity contribution >= 4 is 36.6 Å². The van der Waals surface area contributed by atoms with Crippen LogP contribution in [0.15, 0.2) is 34.9 Å². The fourth-order valence-electron chi connectivity index (χ4n) is 6.96. The van der Waals surface area contributed by atoms with E-state index in [9.17, 15) is 24.8 Å². The normalized spacial score (nSPS) is 29.1. The first-order chi connectivity index (χ1) is 17.8. The molecule has 5 rings (SSSR count). The number of hydrogen-bond acceptors (Lipinski definition) is 6. The van der Waals surface area contributed by atoms with Gasteiger partial charge in [0.1, 0.15) is 5.75 Å². The molecule has 1 aromatic rings. The number of aliphatic hydroxyl groups excluding tert-OH is 1. The van der Waals surface area contributed by atoms with Crippen LogP contribution in [0.4, 0.5) is 0 Å². The average molecular weight is 528 g/mol. The molecule has 37 heavy (non-hydrogen) atoms. The van der Waals surface area contributed by atoms with Crippen LogP contribution in [0.5, 0.6) is 5.75 Å². The molecule has 2 aliphatic heterocycles. The van der Waals surface area contributed by atoms with Crippen LogP contribution < -0.4 is 0 Å². The first kappa shape index (κ1) is 26.5. The number of fused-ring (bicyclic) bond motifs is 3. The zero-order valence-electron chi connectivity index (χ0n) is 21.2. The van der Waals surface area contributed by atoms with Crippen molar-refractivity contribution in [2.75, 3.05) is 6.61 Å². The Morgan fingerprint density at radius 1 is 1.19 bits per heavy atom. The number of phenolic OH excluding ortho intramolecular Hbond substituents is 1. The van der Waals surface area contributed by atoms with Gasteiger partial charge in [-0.25, -0.2) is 0 Å². The molecule has 0 bridgehead atoms. The van der Waals surface area contributed by atoms with Gasteiger partial charge in [0, 0.05) is 6.04 Å². The first-order valence-electron chi connectivity index (χ1n) is 13.5. The average Bonchev–Trinajstić information content (AvgIpc) is 3.13. The molecule has 9 heteroatoms. The summed E-state index contributed by atoms with van der Waals surface area (Å²) in [6, 6.07) is 4.82. The highest BCUT2D eigenvalue weighted by molar-refractivity contribution is 6.43. The van der Waals surface area contributed by atoms with Gasteiger partial charge >= 0.3 is 7.12 Å². The minimum absolute atomic E-state index is 0.0274. The fraction of sp³-hybridized carbons (Fsp3) is 0.571. The molecular formula is C28H35BClNO6. The third-order valence-electron chi connectivity index (χ3n) is 8.66. The van der Waals surface area contributed by atoms with E-state index >= 15 is 0 Å². The Morgan fingerprint density at radius 2 is 1.95 bits per heavy atom. The maximum Gasteiger partial charge on any atom is 0.455 e. The fourth-order valence-corrected chi connectivity index (χ4v) is 7.19. The number of halogens is 1. The number of aromatic hydroxyl groups is 1. The van der Waals surface area contributed by atoms with E-state index in [0.717, 1.165) is 54.4 Å². The van der Waals surface area contributed by atoms with Crippen LogP contribution >= 0.6 is 11.6 Å². The number of likely N-dealkylation sites (tertiary alicyclic amines) is 1. The predicted octanol–water partition coefficient (Wildman–Crippen LogP) is 4.35. The summed E-state index contributed by atoms with van der Waals surface area (Å²) in [7, 11) is -1.03. The molecule has 198 valence electrons. The van der Waals surface area contributed by atoms with E-state index in [4.69, 9.17) is 16.3 Å². The van der Waals surface area contributed by atoms with E-state index in [2.05, 4.69) is 0 Å². The van der Waals surface area contributed by atoms with Crippen molar-refractivity contribution in [3.05, 3.63) is 45.5 Å². The number of nitrogens with zero attached hydrogens (tertiary/aromatic N) is 1. The molecule has 3 N–H and O–H groups in total. The Morgan fingerprint density at radius 3 is 2.65 bits per heavy atom. The summed E-state index contributed by atoms with van der Waals surface area (Å²) in [5.41, 5.74) is 3.52. The Balaban J connectivity index is 1.38. The van der Waals surface area contributed by atoms with Gasteiger partial charge in [0.25, 0.3) is 0 Å². The van der Waals surface area contributed by atoms with E-state index in [-0.39, 0.29) is 42.5 Å². The second-order valence-corrected chi connectivity index (χ2v) is 11.5. The van der Waals surface area contributed by atoms with Crippen LogP contribution in [0, 0.1) is 17.8 Å². The largest absolute Gasteiger partial charge is 0.508 e. The lowest BCUT2D eigenvalue weighted by atomic mass is 9.58. The summed E-state index contributed by atoms with van der Waals surface area (Å²) in [5, 5.41) is 31.0. The van der Waals surface area contributed by atoms with Crippen molar-refractivity contribution in [2.24, 2.45) is 17.8 Å². The van der Waals surface area contributed by atoms with Gasteiger partial charge in [0.15, 0.2) is 0 Å². The summed E-state index contributed by atoms with van der Waals surface area (Å²) in [5.74, 6) is -1.36. The van der Waals surface area contributed by atoms with Gasteiger partial charge in [-0.15, -0.1) is 0 Å². The first-order valence-corrected chi connectivity index (χ1v) is 13.8. The highest BCUT2D eigenvalue weighted by Gasteiger charge is 2.58. The van der Waals surface area contributed by atoms with Crippen molar-refractivity contribution in [2.45, 2.75) is 76.8 Å². The standard InChI is InChI=1S/C28H35BClNO6/c1-16(11-17-8-9-20(33)13-23(17)30)7-10-24-25-18(15-32)12-21-26(22(25)14-29(36)37-24)28(35)31(27(21)34)19-5-3-2-4-6-19/h8-9,11,13,19,21-22,24,26,32-33,36H,2-7,10,12,14-15H2,1H3/b16-11+/t21-,22+,24-,26-/m1/s1. The molecule has 0 radical (unpaired) electrons. The number of benzene rings is 1. The molecule has 4 atom stereocenters. The molecule has 3 fully saturated rings. The Bertz CT molecular complexity index is 1130. The molecule has 4 aliphatic rings. The van der Waals surface area contributed by atoms with E-state index in [1.54, 1.807) is 12.1 Å². The molecule has 2 aliphatic carbocycles. The summed E-state index contributed by atoms with van der Waals surface area (Å²) in [6.07, 6.45) is 8.28. The number of imide groups is 1. The van der Waals surface area contributed by atoms with Gasteiger partial charge in [0.05, 0.1) is 29.6 Å². The number of amides is 2. The van der Waals surface area contributed by atoms with E-state index < -0.39 is 25.1 Å². The van der Waals surface area contributed by atoms with Gasteiger partial charge in [-0.1, -0.05) is 42.5 Å². The minimum atomic E-state index is -1.03. The Labute approximate surface area is 223 Å². The van der Waals surface area contributed by atoms with Crippen LogP contribution in [0.2, 0.25) is 11.3 Å². The Hall–Kier alpha value is -2.13. The quantitative estimate of drug-likeness (QED) is 0.288. The molecule has 7 nitrogen and oxygen atoms in total. The lowest BCUT2D eigenvalue weighted by molar-refractivity contribution is -0.143. The number of carbonyl (C=O) groups excluding carboxylic acids is 2. The van der Waals surface area contributed by atoms with Crippen molar-refractivity contribution < 1.29 is 29.5 Å². The lowest BCUT2D eigenvalue weighted by Gasteiger charge is -2.43. The van der Waals surface area contributed by atoms with Gasteiger partial charge in [-0.05, 0) is 86.2 Å². The van der Waals surface area contributed by atoms with Crippen molar-refractivity contribution in [1.29, 1.82) is 0 Å². The number of rotatable bonds is 6. The van der Waals surface area contributed by atoms with E-state index in [1.807, 2.05) is 13.0 Å². The lowest BCUT2D eigenvalue weighted by Crippen LogP contribution is -2.47. The number of carbonyl (C=O) groups is 2. The van der Waals surface area contributed by atoms with Crippen LogP contribution in [-0.2, 0) is 14.2 Å². The summed E-state index contributed by atoms with van der Waals surface area (Å²) in [6.45, 7) is 1.80. The highest BCUT2D eigenvalue weighted by Crippen LogP contribution is 2.51. The second kappa shape index (κ2) is 10.9. The van der Waals surface area contributed by atoms with Crippen LogP contribution in [0.3, 0.4) is 0 Å². The van der Waals surface area contributed by atoms with Gasteiger partial charge in [-0.3, -0.25) is 14.5 Å². The van der Waals surface area contributed by atoms with Crippen LogP contribution in [0.1, 0.15) is 63.9 Å². The SMILES string of the molecule is C/C(=C\c1ccc(O)cc1Cl)CC[C@H]1OB(O)C[C@H]2C1=C(CO)C[C@H]1C(=O)N(C3CCCCC3)C(=O)[C@H]12. The number of hydrogen-bond donors (Lipinski definition) is 3. The maximum absolute atomic E-state index is 13.7. The predicted molar refractivity (Wildman–Crippen MR) is 142 cm³/mol. The number of allylic oxidation sites excluding steroid dienone is 1. The molecule has 2 saturated heterocycles. The van der Waals surface area contributed by atoms with Gasteiger partial charge in [0.2, 0.25) is 11.8 Å². The number of aliphatic hydroxyl groups is 1. The monoisotopic (exact) mass is 527 g/mol. The molecular weight excluding hydrogens is 493 g/mol. The van der Waals surface area contributed by atoms with Crippen molar-refractivity contribution in [3.8, 4) is 5.75 Å². The summed E-state index contributed by atoms with van der Waals surface area (Å²) in [4.78, 5) is 28.7. The van der Waals surface area contributed by atoms with Gasteiger partial charge in [-0.2, -0.15) is 0 Å². The maximum atomic E-state index is 13.7. The molecule has 0 aromatic heterocycles. The third kappa shape index (κ3) is 5.13. The zero-order valence-corrected chi connectivity index (χ0v) is 22.0. The van der Waals surface area contributed by atoms with Crippen LogP contribution in [-0.4, -0.2) is 57.8 Å². The molecule has 1 saturated carbocycles. The molecule has 2 amide bonds. The summed E-state index contributed by atoms with van der Waals surface area (Å²) >= 11 is 6.25. The van der Waals surface area contributed by atoms with Crippen molar-refractivity contribution in [3.63, 3.8) is 0 Å². The Kier molecular flexibility index (Phi) is 7.82. The van der Waals surface area contributed by atoms with Gasteiger partial charge < -0.3 is 19.9 Å². The third-order valence-corrected chi connectivity index (χ3v) is 8.99. The highest BCUT2D eigenvalue weighted by atomic mass is 35.5. The van der Waals surface area contributed by atoms with Crippen molar-refractivity contribution in [1.82, 2.24) is 4.90 Å². The molecule has 1 aromatic carbocycles. The van der Waals surface area contributed by atoms with E-state index in [1.165, 1.54) is 11.0 Å². The topological polar surface area (TPSA) is 107 Å². The second-order valence-electron chi connectivity index (χ2n) is 11.0. The molecule has 0 unspecified atom stereocenters. The molecule has 0 spiro atoms. The minimum Gasteiger partial charge on any atom is -0.508 e. The van der Waals surface area contributed by atoms with E-state index in [0.29, 0.717) is 24.3 Å².